The molecule has 0 atom stereocenters. The van der Waals surface area contributed by atoms with Crippen molar-refractivity contribution in [2.45, 2.75) is 39.5 Å². The molecule has 0 aliphatic rings. The van der Waals surface area contributed by atoms with E-state index in [1.54, 1.807) is 13.8 Å². The molecule has 21 heavy (non-hydrogen) atoms. The molecule has 0 saturated heterocycles. The second-order valence-corrected chi connectivity index (χ2v) is 6.59. The molecule has 0 unspecified atom stereocenters. The van der Waals surface area contributed by atoms with Gasteiger partial charge >= 0.3 is 0 Å². The van der Waals surface area contributed by atoms with Gasteiger partial charge in [0.2, 0.25) is 0 Å². The molecule has 0 amide bonds. The summed E-state index contributed by atoms with van der Waals surface area (Å²) in [6.07, 6.45) is 0. The predicted octanol–water partition coefficient (Wildman–Crippen LogP) is 3.46. The molecular weight excluding hydrogens is 379 g/mol. The van der Waals surface area contributed by atoms with Gasteiger partial charge in [0, 0.05) is 12.2 Å². The summed E-state index contributed by atoms with van der Waals surface area (Å²) >= 11 is 2.24. The minimum Gasteiger partial charge on any atom is -0.389 e. The van der Waals surface area contributed by atoms with Crippen LogP contribution in [0.25, 0.3) is 11.3 Å². The fourth-order valence-corrected chi connectivity index (χ4v) is 3.08. The van der Waals surface area contributed by atoms with Gasteiger partial charge in [0.25, 0.3) is 0 Å². The average Bonchev–Trinajstić information content (AvgIpc) is 2.71. The highest BCUT2D eigenvalue weighted by Crippen LogP contribution is 2.28. The molecule has 0 aliphatic carbocycles. The van der Waals surface area contributed by atoms with Crippen LogP contribution in [0.1, 0.15) is 26.6 Å². The summed E-state index contributed by atoms with van der Waals surface area (Å²) in [5.41, 5.74) is 1.32. The quantitative estimate of drug-likeness (QED) is 0.756. The van der Waals surface area contributed by atoms with Crippen LogP contribution in [0.4, 0.5) is 0 Å². The lowest BCUT2D eigenvalue weighted by Gasteiger charge is -2.21. The first-order chi connectivity index (χ1) is 9.92. The highest BCUT2D eigenvalue weighted by molar-refractivity contribution is 14.1. The maximum Gasteiger partial charge on any atom is 0.136 e. The maximum absolute atomic E-state index is 10.2. The first kappa shape index (κ1) is 16.5. The first-order valence-corrected chi connectivity index (χ1v) is 8.10. The molecule has 1 N–H and O–H groups in total. The minimum atomic E-state index is -0.811. The normalized spacial score (nSPS) is 11.9. The number of nitrogens with zero attached hydrogens (tertiary/aromatic N) is 2. The number of halogens is 1. The summed E-state index contributed by atoms with van der Waals surface area (Å²) in [4.78, 5) is 4.62. The molecule has 1 aromatic heterocycles. The second kappa shape index (κ2) is 6.89. The van der Waals surface area contributed by atoms with Crippen LogP contribution in [-0.4, -0.2) is 26.9 Å². The zero-order chi connectivity index (χ0) is 15.5. The molecule has 4 nitrogen and oxygen atoms in total. The molecule has 1 aromatic carbocycles. The van der Waals surface area contributed by atoms with E-state index in [1.165, 1.54) is 0 Å². The summed E-state index contributed by atoms with van der Waals surface area (Å²) in [5, 5.41) is 10.2. The fourth-order valence-electron chi connectivity index (χ4n) is 2.20. The summed E-state index contributed by atoms with van der Waals surface area (Å²) in [5.74, 6) is 0.849. The molecule has 1 heterocycles. The van der Waals surface area contributed by atoms with Crippen LogP contribution >= 0.6 is 22.6 Å². The lowest BCUT2D eigenvalue weighted by Crippen LogP contribution is -2.27. The van der Waals surface area contributed by atoms with E-state index < -0.39 is 5.60 Å². The summed E-state index contributed by atoms with van der Waals surface area (Å²) in [6.45, 7) is 7.15. The van der Waals surface area contributed by atoms with Crippen LogP contribution in [0.15, 0.2) is 30.3 Å². The smallest absolute Gasteiger partial charge is 0.136 e. The molecule has 0 saturated carbocycles. The van der Waals surface area contributed by atoms with Crippen molar-refractivity contribution in [3.8, 4) is 11.3 Å². The van der Waals surface area contributed by atoms with Crippen LogP contribution in [0.5, 0.6) is 0 Å². The molecule has 2 aromatic rings. The van der Waals surface area contributed by atoms with Gasteiger partial charge in [0.1, 0.15) is 16.1 Å². The van der Waals surface area contributed by atoms with E-state index in [2.05, 4.69) is 44.3 Å². The van der Waals surface area contributed by atoms with Gasteiger partial charge in [-0.15, -0.1) is 0 Å². The average molecular weight is 400 g/mol. The van der Waals surface area contributed by atoms with Gasteiger partial charge in [-0.2, -0.15) is 0 Å². The summed E-state index contributed by atoms with van der Waals surface area (Å²) in [7, 11) is 0. The van der Waals surface area contributed by atoms with Crippen molar-refractivity contribution >= 4 is 22.6 Å². The van der Waals surface area contributed by atoms with Gasteiger partial charge in [0.05, 0.1) is 17.8 Å². The number of imidazole rings is 1. The molecule has 5 heteroatoms. The monoisotopic (exact) mass is 400 g/mol. The maximum atomic E-state index is 10.2. The van der Waals surface area contributed by atoms with E-state index in [-0.39, 0.29) is 0 Å². The van der Waals surface area contributed by atoms with Crippen molar-refractivity contribution in [2.75, 3.05) is 6.61 Å². The van der Waals surface area contributed by atoms with E-state index in [9.17, 15) is 5.11 Å². The Bertz CT molecular complexity index is 588. The Kier molecular flexibility index (Phi) is 5.40. The topological polar surface area (TPSA) is 47.3 Å². The van der Waals surface area contributed by atoms with Crippen molar-refractivity contribution in [3.63, 3.8) is 0 Å². The molecule has 0 spiro atoms. The standard InChI is InChI=1S/C16H21IN2O2/c1-4-21-10-13-18-15(17)14(12-8-6-5-7-9-12)19(13)11-16(2,3)20/h5-9,20H,4,10-11H2,1-3H3. The predicted molar refractivity (Wildman–Crippen MR) is 92.0 cm³/mol. The number of benzene rings is 1. The zero-order valence-corrected chi connectivity index (χ0v) is 14.8. The number of aliphatic hydroxyl groups is 1. The molecule has 0 bridgehead atoms. The second-order valence-electron chi connectivity index (χ2n) is 5.57. The van der Waals surface area contributed by atoms with E-state index in [0.29, 0.717) is 19.8 Å². The number of rotatable bonds is 6. The highest BCUT2D eigenvalue weighted by Gasteiger charge is 2.22. The van der Waals surface area contributed by atoms with Gasteiger partial charge in [-0.3, -0.25) is 0 Å². The third-order valence-electron chi connectivity index (χ3n) is 3.03. The van der Waals surface area contributed by atoms with Crippen LogP contribution in [0.2, 0.25) is 0 Å². The van der Waals surface area contributed by atoms with E-state index in [1.807, 2.05) is 25.1 Å². The minimum absolute atomic E-state index is 0.454. The Balaban J connectivity index is 2.49. The van der Waals surface area contributed by atoms with Gasteiger partial charge < -0.3 is 14.4 Å². The Labute approximate surface area is 139 Å². The van der Waals surface area contributed by atoms with Crippen molar-refractivity contribution < 1.29 is 9.84 Å². The Morgan fingerprint density at radius 3 is 2.52 bits per heavy atom. The summed E-state index contributed by atoms with van der Waals surface area (Å²) < 4.78 is 8.50. The van der Waals surface area contributed by atoms with Crippen LogP contribution in [0, 0.1) is 3.70 Å². The number of ether oxygens (including phenoxy) is 1. The lowest BCUT2D eigenvalue weighted by atomic mass is 10.1. The van der Waals surface area contributed by atoms with Crippen LogP contribution in [-0.2, 0) is 17.9 Å². The molecule has 0 aliphatic heterocycles. The Morgan fingerprint density at radius 1 is 1.29 bits per heavy atom. The highest BCUT2D eigenvalue weighted by atomic mass is 127. The molecular formula is C16H21IN2O2. The Hall–Kier alpha value is -0.920. The molecule has 114 valence electrons. The van der Waals surface area contributed by atoms with Gasteiger partial charge in [-0.25, -0.2) is 4.98 Å². The van der Waals surface area contributed by atoms with E-state index >= 15 is 0 Å². The van der Waals surface area contributed by atoms with E-state index in [0.717, 1.165) is 20.8 Å². The molecule has 0 fully saturated rings. The zero-order valence-electron chi connectivity index (χ0n) is 12.6. The van der Waals surface area contributed by atoms with Crippen LogP contribution in [0.3, 0.4) is 0 Å². The first-order valence-electron chi connectivity index (χ1n) is 7.03. The van der Waals surface area contributed by atoms with E-state index in [4.69, 9.17) is 4.74 Å². The molecule has 2 rings (SSSR count). The third-order valence-corrected chi connectivity index (χ3v) is 3.78. The molecule has 0 radical (unpaired) electrons. The summed E-state index contributed by atoms with van der Waals surface area (Å²) in [6, 6.07) is 10.1. The third kappa shape index (κ3) is 4.28. The fraction of sp³-hybridized carbons (Fsp3) is 0.438. The van der Waals surface area contributed by atoms with Gasteiger partial charge in [-0.1, -0.05) is 30.3 Å². The lowest BCUT2D eigenvalue weighted by molar-refractivity contribution is 0.0574. The largest absolute Gasteiger partial charge is 0.389 e. The van der Waals surface area contributed by atoms with Gasteiger partial charge in [0.15, 0.2) is 0 Å². The SMILES string of the molecule is CCOCc1nc(I)c(-c2ccccc2)n1CC(C)(C)O. The van der Waals surface area contributed by atoms with Crippen molar-refractivity contribution in [1.29, 1.82) is 0 Å². The van der Waals surface area contributed by atoms with Crippen molar-refractivity contribution in [1.82, 2.24) is 9.55 Å². The van der Waals surface area contributed by atoms with Crippen molar-refractivity contribution in [2.24, 2.45) is 0 Å². The Morgan fingerprint density at radius 2 is 1.95 bits per heavy atom. The van der Waals surface area contributed by atoms with Gasteiger partial charge in [-0.05, 0) is 43.4 Å². The number of aromatic nitrogens is 2. The number of hydrogen-bond donors (Lipinski definition) is 1. The number of hydrogen-bond acceptors (Lipinski definition) is 3. The van der Waals surface area contributed by atoms with Crippen molar-refractivity contribution in [3.05, 3.63) is 39.9 Å². The van der Waals surface area contributed by atoms with Crippen LogP contribution < -0.4 is 0 Å².